The number of hydrogen-bond acceptors (Lipinski definition) is 3. The van der Waals surface area contributed by atoms with Crippen LogP contribution in [0.25, 0.3) is 0 Å². The van der Waals surface area contributed by atoms with Gasteiger partial charge in [-0.3, -0.25) is 0 Å². The van der Waals surface area contributed by atoms with Crippen molar-refractivity contribution in [1.82, 2.24) is 14.8 Å². The van der Waals surface area contributed by atoms with E-state index >= 15 is 0 Å². The Kier molecular flexibility index (Phi) is 3.65. The summed E-state index contributed by atoms with van der Waals surface area (Å²) in [5, 5.41) is 7.84. The lowest BCUT2D eigenvalue weighted by atomic mass is 10.0. The van der Waals surface area contributed by atoms with Crippen LogP contribution < -0.4 is 4.74 Å². The van der Waals surface area contributed by atoms with E-state index < -0.39 is 0 Å². The van der Waals surface area contributed by atoms with Crippen molar-refractivity contribution >= 4 is 0 Å². The second-order valence-corrected chi connectivity index (χ2v) is 4.83. The normalized spacial score (nSPS) is 10.9. The van der Waals surface area contributed by atoms with Gasteiger partial charge in [-0.05, 0) is 30.0 Å². The largest absolute Gasteiger partial charge is 0.485 e. The van der Waals surface area contributed by atoms with Gasteiger partial charge >= 0.3 is 0 Å². The maximum Gasteiger partial charge on any atom is 0.170 e. The minimum Gasteiger partial charge on any atom is -0.485 e. The average Bonchev–Trinajstić information content (AvgIpc) is 2.73. The van der Waals surface area contributed by atoms with E-state index in [-0.39, 0.29) is 0 Å². The Bertz CT molecular complexity index is 532. The van der Waals surface area contributed by atoms with Gasteiger partial charge in [-0.15, -0.1) is 10.2 Å². The van der Waals surface area contributed by atoms with Crippen LogP contribution >= 0.6 is 0 Å². The van der Waals surface area contributed by atoms with Crippen LogP contribution in [0, 0.1) is 6.92 Å². The fourth-order valence-electron chi connectivity index (χ4n) is 1.71. The minimum absolute atomic E-state index is 0.443. The van der Waals surface area contributed by atoms with E-state index in [2.05, 4.69) is 49.2 Å². The summed E-state index contributed by atoms with van der Waals surface area (Å²) in [5.41, 5.74) is 2.43. The molecule has 18 heavy (non-hydrogen) atoms. The summed E-state index contributed by atoms with van der Waals surface area (Å²) in [4.78, 5) is 0. The highest BCUT2D eigenvalue weighted by atomic mass is 16.5. The Morgan fingerprint density at radius 1 is 1.33 bits per heavy atom. The van der Waals surface area contributed by atoms with Gasteiger partial charge in [-0.2, -0.15) is 0 Å². The smallest absolute Gasteiger partial charge is 0.170 e. The van der Waals surface area contributed by atoms with Crippen molar-refractivity contribution in [3.63, 3.8) is 0 Å². The third kappa shape index (κ3) is 2.70. The molecule has 96 valence electrons. The SMILES string of the molecule is Cc1ccc(C(C)C)cc1OCc1nncn1C. The fraction of sp³-hybridized carbons (Fsp3) is 0.429. The van der Waals surface area contributed by atoms with E-state index in [0.717, 1.165) is 17.1 Å². The van der Waals surface area contributed by atoms with Crippen molar-refractivity contribution < 1.29 is 4.74 Å². The Hall–Kier alpha value is -1.84. The van der Waals surface area contributed by atoms with Gasteiger partial charge in [0.25, 0.3) is 0 Å². The third-order valence-electron chi connectivity index (χ3n) is 3.04. The van der Waals surface area contributed by atoms with Crippen LogP contribution in [-0.2, 0) is 13.7 Å². The summed E-state index contributed by atoms with van der Waals surface area (Å²) >= 11 is 0. The standard InChI is InChI=1S/C14H19N3O/c1-10(2)12-6-5-11(3)13(7-12)18-8-14-16-15-9-17(14)4/h5-7,9-10H,8H2,1-4H3. The average molecular weight is 245 g/mol. The van der Waals surface area contributed by atoms with E-state index in [1.807, 2.05) is 11.6 Å². The van der Waals surface area contributed by atoms with Crippen molar-refractivity contribution in [3.05, 3.63) is 41.5 Å². The van der Waals surface area contributed by atoms with Crippen molar-refractivity contribution in [3.8, 4) is 5.75 Å². The van der Waals surface area contributed by atoms with Crippen LogP contribution in [0.1, 0.15) is 36.7 Å². The molecule has 0 radical (unpaired) electrons. The molecule has 0 fully saturated rings. The summed E-state index contributed by atoms with van der Waals surface area (Å²) in [5.74, 6) is 2.25. The molecule has 4 nitrogen and oxygen atoms in total. The Morgan fingerprint density at radius 2 is 2.11 bits per heavy atom. The van der Waals surface area contributed by atoms with Gasteiger partial charge in [0.05, 0.1) is 0 Å². The van der Waals surface area contributed by atoms with Crippen molar-refractivity contribution in [1.29, 1.82) is 0 Å². The topological polar surface area (TPSA) is 39.9 Å². The molecule has 0 aliphatic rings. The lowest BCUT2D eigenvalue weighted by molar-refractivity contribution is 0.289. The van der Waals surface area contributed by atoms with Crippen LogP contribution in [0.3, 0.4) is 0 Å². The molecule has 0 saturated carbocycles. The lowest BCUT2D eigenvalue weighted by Gasteiger charge is -2.12. The molecule has 1 heterocycles. The first-order valence-corrected chi connectivity index (χ1v) is 6.14. The first kappa shape index (κ1) is 12.6. The molecule has 4 heteroatoms. The Morgan fingerprint density at radius 3 is 2.72 bits per heavy atom. The number of aromatic nitrogens is 3. The molecule has 2 rings (SSSR count). The first-order chi connectivity index (χ1) is 8.58. The molecule has 0 amide bonds. The molecule has 0 aliphatic heterocycles. The second kappa shape index (κ2) is 5.21. The van der Waals surface area contributed by atoms with Gasteiger partial charge in [-0.25, -0.2) is 0 Å². The van der Waals surface area contributed by atoms with Gasteiger partial charge in [0.1, 0.15) is 18.7 Å². The minimum atomic E-state index is 0.443. The van der Waals surface area contributed by atoms with Gasteiger partial charge in [0.2, 0.25) is 0 Å². The van der Waals surface area contributed by atoms with Crippen molar-refractivity contribution in [2.45, 2.75) is 33.3 Å². The number of rotatable bonds is 4. The number of nitrogens with zero attached hydrogens (tertiary/aromatic N) is 3. The fourth-order valence-corrected chi connectivity index (χ4v) is 1.71. The molecule has 1 aromatic carbocycles. The zero-order chi connectivity index (χ0) is 13.1. The molecular weight excluding hydrogens is 226 g/mol. The highest BCUT2D eigenvalue weighted by molar-refractivity contribution is 5.37. The van der Waals surface area contributed by atoms with Crippen molar-refractivity contribution in [2.75, 3.05) is 0 Å². The predicted octanol–water partition coefficient (Wildman–Crippen LogP) is 2.83. The Labute approximate surface area is 108 Å². The number of ether oxygens (including phenoxy) is 1. The molecule has 0 N–H and O–H groups in total. The lowest BCUT2D eigenvalue weighted by Crippen LogP contribution is -2.04. The molecule has 0 unspecified atom stereocenters. The van der Waals surface area contributed by atoms with E-state index in [4.69, 9.17) is 4.74 Å². The first-order valence-electron chi connectivity index (χ1n) is 6.14. The molecule has 0 aliphatic carbocycles. The number of aryl methyl sites for hydroxylation is 2. The van der Waals surface area contributed by atoms with E-state index in [1.54, 1.807) is 6.33 Å². The van der Waals surface area contributed by atoms with Gasteiger partial charge in [0.15, 0.2) is 5.82 Å². The highest BCUT2D eigenvalue weighted by Crippen LogP contribution is 2.24. The molecule has 0 spiro atoms. The van der Waals surface area contributed by atoms with E-state index in [9.17, 15) is 0 Å². The predicted molar refractivity (Wildman–Crippen MR) is 70.6 cm³/mol. The van der Waals surface area contributed by atoms with Gasteiger partial charge in [0, 0.05) is 7.05 Å². The molecular formula is C14H19N3O. The summed E-state index contributed by atoms with van der Waals surface area (Å²) in [6, 6.07) is 6.35. The zero-order valence-electron chi connectivity index (χ0n) is 11.3. The number of benzene rings is 1. The molecule has 1 aromatic heterocycles. The summed E-state index contributed by atoms with van der Waals surface area (Å²) in [6.45, 7) is 6.85. The maximum absolute atomic E-state index is 5.83. The maximum atomic E-state index is 5.83. The second-order valence-electron chi connectivity index (χ2n) is 4.83. The number of hydrogen-bond donors (Lipinski definition) is 0. The molecule has 0 atom stereocenters. The third-order valence-corrected chi connectivity index (χ3v) is 3.04. The van der Waals surface area contributed by atoms with Crippen LogP contribution in [0.15, 0.2) is 24.5 Å². The van der Waals surface area contributed by atoms with Gasteiger partial charge < -0.3 is 9.30 Å². The van der Waals surface area contributed by atoms with Crippen LogP contribution in [-0.4, -0.2) is 14.8 Å². The summed E-state index contributed by atoms with van der Waals surface area (Å²) < 4.78 is 7.69. The Balaban J connectivity index is 2.13. The molecule has 2 aromatic rings. The van der Waals surface area contributed by atoms with Crippen LogP contribution in [0.2, 0.25) is 0 Å². The van der Waals surface area contributed by atoms with E-state index in [1.165, 1.54) is 5.56 Å². The molecule has 0 saturated heterocycles. The highest BCUT2D eigenvalue weighted by Gasteiger charge is 2.07. The van der Waals surface area contributed by atoms with E-state index in [0.29, 0.717) is 12.5 Å². The van der Waals surface area contributed by atoms with Crippen molar-refractivity contribution in [2.24, 2.45) is 7.05 Å². The van der Waals surface area contributed by atoms with Crippen LogP contribution in [0.5, 0.6) is 5.75 Å². The zero-order valence-corrected chi connectivity index (χ0v) is 11.3. The monoisotopic (exact) mass is 245 g/mol. The quantitative estimate of drug-likeness (QED) is 0.831. The summed E-state index contributed by atoms with van der Waals surface area (Å²) in [6.07, 6.45) is 1.68. The van der Waals surface area contributed by atoms with Crippen LogP contribution in [0.4, 0.5) is 0 Å². The summed E-state index contributed by atoms with van der Waals surface area (Å²) in [7, 11) is 1.91. The van der Waals surface area contributed by atoms with Gasteiger partial charge in [-0.1, -0.05) is 26.0 Å². The molecule has 0 bridgehead atoms.